The van der Waals surface area contributed by atoms with Crippen LogP contribution in [0.1, 0.15) is 21.5 Å². The molecule has 4 nitrogen and oxygen atoms in total. The minimum atomic E-state index is -0.567. The quantitative estimate of drug-likeness (QED) is 0.828. The molecule has 0 saturated heterocycles. The molecular weight excluding hydrogens is 262 g/mol. The van der Waals surface area contributed by atoms with Crippen molar-refractivity contribution in [2.75, 3.05) is 7.11 Å². The predicted molar refractivity (Wildman–Crippen MR) is 56.1 cm³/mol. The maximum Gasteiger partial charge on any atom is 0.338 e. The highest BCUT2D eigenvalue weighted by molar-refractivity contribution is 9.10. The van der Waals surface area contributed by atoms with E-state index < -0.39 is 5.97 Å². The minimum Gasteiger partial charge on any atom is -0.465 e. The smallest absolute Gasteiger partial charge is 0.338 e. The molecule has 0 saturated carbocycles. The van der Waals surface area contributed by atoms with E-state index in [1.807, 2.05) is 6.07 Å². The number of ether oxygens (including phenoxy) is 1. The van der Waals surface area contributed by atoms with E-state index in [9.17, 15) is 4.79 Å². The van der Waals surface area contributed by atoms with Gasteiger partial charge in [-0.1, -0.05) is 0 Å². The van der Waals surface area contributed by atoms with Crippen molar-refractivity contribution in [2.45, 2.75) is 6.61 Å². The molecule has 0 aliphatic carbocycles. The molecule has 0 aliphatic heterocycles. The molecule has 0 aromatic heterocycles. The molecule has 0 bridgehead atoms. The van der Waals surface area contributed by atoms with E-state index in [1.54, 1.807) is 6.07 Å². The lowest BCUT2D eigenvalue weighted by Gasteiger charge is -2.08. The molecule has 15 heavy (non-hydrogen) atoms. The van der Waals surface area contributed by atoms with Crippen LogP contribution in [0.25, 0.3) is 0 Å². The summed E-state index contributed by atoms with van der Waals surface area (Å²) >= 11 is 3.17. The average molecular weight is 270 g/mol. The highest BCUT2D eigenvalue weighted by Gasteiger charge is 2.16. The zero-order valence-corrected chi connectivity index (χ0v) is 9.54. The van der Waals surface area contributed by atoms with Crippen molar-refractivity contribution in [3.63, 3.8) is 0 Å². The highest BCUT2D eigenvalue weighted by atomic mass is 79.9. The number of esters is 1. The van der Waals surface area contributed by atoms with Crippen LogP contribution in [0.15, 0.2) is 16.6 Å². The molecule has 1 N–H and O–H groups in total. The van der Waals surface area contributed by atoms with Gasteiger partial charge >= 0.3 is 5.97 Å². The first-order chi connectivity index (χ1) is 7.15. The fourth-order valence-corrected chi connectivity index (χ4v) is 1.67. The second-order valence-electron chi connectivity index (χ2n) is 2.71. The molecule has 0 spiro atoms. The van der Waals surface area contributed by atoms with Crippen molar-refractivity contribution < 1.29 is 14.6 Å². The first kappa shape index (κ1) is 11.7. The third-order valence-electron chi connectivity index (χ3n) is 1.94. The molecule has 78 valence electrons. The predicted octanol–water partition coefficient (Wildman–Crippen LogP) is 1.60. The van der Waals surface area contributed by atoms with Gasteiger partial charge < -0.3 is 9.84 Å². The van der Waals surface area contributed by atoms with Crippen LogP contribution in [0.5, 0.6) is 0 Å². The molecule has 0 radical (unpaired) electrons. The second-order valence-corrected chi connectivity index (χ2v) is 3.56. The number of nitrogens with zero attached hydrogens (tertiary/aromatic N) is 1. The van der Waals surface area contributed by atoms with Crippen molar-refractivity contribution in [2.24, 2.45) is 0 Å². The molecule has 0 atom stereocenters. The molecule has 1 aromatic carbocycles. The SMILES string of the molecule is COC(=O)c1ccc(Br)c(C#N)c1CO. The molecule has 0 unspecified atom stereocenters. The monoisotopic (exact) mass is 269 g/mol. The normalized spacial score (nSPS) is 9.47. The summed E-state index contributed by atoms with van der Waals surface area (Å²) in [5, 5.41) is 18.0. The summed E-state index contributed by atoms with van der Waals surface area (Å²) in [4.78, 5) is 11.3. The van der Waals surface area contributed by atoms with Gasteiger partial charge in [0.2, 0.25) is 0 Å². The summed E-state index contributed by atoms with van der Waals surface area (Å²) in [5.41, 5.74) is 0.735. The number of benzene rings is 1. The van der Waals surface area contributed by atoms with Gasteiger partial charge in [0.15, 0.2) is 0 Å². The molecule has 0 heterocycles. The van der Waals surface area contributed by atoms with Crippen molar-refractivity contribution in [3.05, 3.63) is 33.3 Å². The Labute approximate surface area is 95.2 Å². The van der Waals surface area contributed by atoms with E-state index in [1.165, 1.54) is 13.2 Å². The number of carbonyl (C=O) groups is 1. The second kappa shape index (κ2) is 4.91. The van der Waals surface area contributed by atoms with Gasteiger partial charge in [-0.05, 0) is 28.1 Å². The van der Waals surface area contributed by atoms with Crippen molar-refractivity contribution in [1.82, 2.24) is 0 Å². The number of aliphatic hydroxyl groups excluding tert-OH is 1. The van der Waals surface area contributed by atoms with Gasteiger partial charge in [-0.3, -0.25) is 0 Å². The molecule has 1 aromatic rings. The van der Waals surface area contributed by atoms with Crippen LogP contribution in [-0.4, -0.2) is 18.2 Å². The van der Waals surface area contributed by atoms with Gasteiger partial charge in [0.1, 0.15) is 6.07 Å². The van der Waals surface area contributed by atoms with Crippen LogP contribution < -0.4 is 0 Å². The van der Waals surface area contributed by atoms with E-state index in [-0.39, 0.29) is 23.3 Å². The number of nitriles is 1. The lowest BCUT2D eigenvalue weighted by atomic mass is 10.0. The van der Waals surface area contributed by atoms with Gasteiger partial charge in [-0.25, -0.2) is 4.79 Å². The molecular formula is C10H8BrNO3. The number of aliphatic hydroxyl groups is 1. The first-order valence-electron chi connectivity index (χ1n) is 4.06. The number of halogens is 1. The van der Waals surface area contributed by atoms with E-state index in [2.05, 4.69) is 20.7 Å². The number of carbonyl (C=O) groups excluding carboxylic acids is 1. The van der Waals surface area contributed by atoms with E-state index in [0.717, 1.165) is 0 Å². The summed E-state index contributed by atoms with van der Waals surface area (Å²) in [5.74, 6) is -0.567. The summed E-state index contributed by atoms with van der Waals surface area (Å²) in [6.45, 7) is -0.382. The fourth-order valence-electron chi connectivity index (χ4n) is 1.21. The van der Waals surface area contributed by atoms with Crippen molar-refractivity contribution in [1.29, 1.82) is 5.26 Å². The Morgan fingerprint density at radius 1 is 1.67 bits per heavy atom. The number of hydrogen-bond donors (Lipinski definition) is 1. The van der Waals surface area contributed by atoms with Crippen LogP contribution in [0.4, 0.5) is 0 Å². The van der Waals surface area contributed by atoms with Crippen LogP contribution in [-0.2, 0) is 11.3 Å². The van der Waals surface area contributed by atoms with Gasteiger partial charge in [0.05, 0.1) is 24.8 Å². The maximum atomic E-state index is 11.3. The van der Waals surface area contributed by atoms with Gasteiger partial charge in [0.25, 0.3) is 0 Å². The van der Waals surface area contributed by atoms with Crippen molar-refractivity contribution in [3.8, 4) is 6.07 Å². The fraction of sp³-hybridized carbons (Fsp3) is 0.200. The zero-order valence-electron chi connectivity index (χ0n) is 7.95. The molecule has 1 rings (SSSR count). The number of methoxy groups -OCH3 is 1. The topological polar surface area (TPSA) is 70.3 Å². The number of rotatable bonds is 2. The lowest BCUT2D eigenvalue weighted by Crippen LogP contribution is -2.07. The Morgan fingerprint density at radius 2 is 2.33 bits per heavy atom. The lowest BCUT2D eigenvalue weighted by molar-refractivity contribution is 0.0597. The standard InChI is InChI=1S/C10H8BrNO3/c1-15-10(14)6-2-3-9(11)7(4-12)8(6)5-13/h2-3,13H,5H2,1H3. The van der Waals surface area contributed by atoms with E-state index >= 15 is 0 Å². The van der Waals surface area contributed by atoms with Gasteiger partial charge in [-0.15, -0.1) is 0 Å². The van der Waals surface area contributed by atoms with Crippen LogP contribution in [0.2, 0.25) is 0 Å². The summed E-state index contributed by atoms with van der Waals surface area (Å²) in [7, 11) is 1.25. The molecule has 5 heteroatoms. The van der Waals surface area contributed by atoms with Gasteiger partial charge in [-0.2, -0.15) is 5.26 Å². The molecule has 0 fully saturated rings. The minimum absolute atomic E-state index is 0.208. The van der Waals surface area contributed by atoms with Crippen LogP contribution >= 0.6 is 15.9 Å². The van der Waals surface area contributed by atoms with Crippen molar-refractivity contribution >= 4 is 21.9 Å². The van der Waals surface area contributed by atoms with Crippen LogP contribution in [0.3, 0.4) is 0 Å². The van der Waals surface area contributed by atoms with E-state index in [0.29, 0.717) is 4.47 Å². The Hall–Kier alpha value is -1.38. The first-order valence-corrected chi connectivity index (χ1v) is 4.85. The Kier molecular flexibility index (Phi) is 3.83. The largest absolute Gasteiger partial charge is 0.465 e. The Bertz CT molecular complexity index is 437. The maximum absolute atomic E-state index is 11.3. The van der Waals surface area contributed by atoms with E-state index in [4.69, 9.17) is 10.4 Å². The third-order valence-corrected chi connectivity index (χ3v) is 2.60. The third kappa shape index (κ3) is 2.17. The Balaban J connectivity index is 3.43. The Morgan fingerprint density at radius 3 is 2.80 bits per heavy atom. The highest BCUT2D eigenvalue weighted by Crippen LogP contribution is 2.24. The molecule has 0 aliphatic rings. The summed E-state index contributed by atoms with van der Waals surface area (Å²) in [6.07, 6.45) is 0. The summed E-state index contributed by atoms with van der Waals surface area (Å²) < 4.78 is 5.09. The van der Waals surface area contributed by atoms with Crippen LogP contribution in [0, 0.1) is 11.3 Å². The van der Waals surface area contributed by atoms with Gasteiger partial charge in [0, 0.05) is 10.0 Å². The zero-order chi connectivity index (χ0) is 11.4. The summed E-state index contributed by atoms with van der Waals surface area (Å²) in [6, 6.07) is 5.00. The molecule has 0 amide bonds. The number of hydrogen-bond acceptors (Lipinski definition) is 4. The average Bonchev–Trinajstić information content (AvgIpc) is 2.27.